The molecule has 0 spiro atoms. The van der Waals surface area contributed by atoms with Crippen LogP contribution < -0.4 is 10.2 Å². The molecule has 1 aromatic carbocycles. The third kappa shape index (κ3) is 2.84. The van der Waals surface area contributed by atoms with Gasteiger partial charge < -0.3 is 10.2 Å². The summed E-state index contributed by atoms with van der Waals surface area (Å²) in [5, 5.41) is 7.96. The van der Waals surface area contributed by atoms with E-state index in [4.69, 9.17) is 0 Å². The number of aryl methyl sites for hydroxylation is 1. The molecule has 4 rings (SSSR count). The Kier molecular flexibility index (Phi) is 3.57. The topological polar surface area (TPSA) is 58.4 Å². The first-order valence-corrected chi connectivity index (χ1v) is 8.03. The minimum absolute atomic E-state index is 0.429. The van der Waals surface area contributed by atoms with Crippen molar-refractivity contribution in [1.82, 2.24) is 19.6 Å². The van der Waals surface area contributed by atoms with Crippen molar-refractivity contribution in [3.63, 3.8) is 0 Å². The van der Waals surface area contributed by atoms with Crippen LogP contribution in [0.3, 0.4) is 0 Å². The van der Waals surface area contributed by atoms with Crippen molar-refractivity contribution >= 4 is 17.3 Å². The second-order valence-electron chi connectivity index (χ2n) is 6.02. The minimum Gasteiger partial charge on any atom is -0.381 e. The summed E-state index contributed by atoms with van der Waals surface area (Å²) in [6, 6.07) is 12.9. The fraction of sp³-hybridized carbons (Fsp3) is 0.353. The van der Waals surface area contributed by atoms with Gasteiger partial charge in [0.2, 0.25) is 0 Å². The lowest BCUT2D eigenvalue weighted by Gasteiger charge is -2.35. The van der Waals surface area contributed by atoms with Gasteiger partial charge in [0.1, 0.15) is 12.1 Å². The maximum atomic E-state index is 4.42. The molecule has 0 bridgehead atoms. The Morgan fingerprint density at radius 1 is 1.22 bits per heavy atom. The van der Waals surface area contributed by atoms with Crippen LogP contribution in [0.5, 0.6) is 0 Å². The van der Waals surface area contributed by atoms with Gasteiger partial charge in [-0.05, 0) is 31.9 Å². The van der Waals surface area contributed by atoms with E-state index in [1.807, 2.05) is 17.5 Å². The van der Waals surface area contributed by atoms with Crippen LogP contribution in [0, 0.1) is 6.92 Å². The summed E-state index contributed by atoms with van der Waals surface area (Å²) in [4.78, 5) is 11.0. The van der Waals surface area contributed by atoms with Crippen molar-refractivity contribution in [3.8, 4) is 0 Å². The SMILES string of the molecule is Cc1cc(N2CCCC(Nc3ccccc3)C2)n2ncnc2n1. The molecule has 2 aromatic heterocycles. The van der Waals surface area contributed by atoms with Crippen molar-refractivity contribution in [2.24, 2.45) is 0 Å². The quantitative estimate of drug-likeness (QED) is 0.805. The zero-order valence-electron chi connectivity index (χ0n) is 13.2. The summed E-state index contributed by atoms with van der Waals surface area (Å²) in [5.74, 6) is 1.74. The van der Waals surface area contributed by atoms with E-state index in [1.165, 1.54) is 12.1 Å². The number of para-hydroxylation sites is 1. The normalized spacial score (nSPS) is 18.3. The molecule has 118 valence electrons. The van der Waals surface area contributed by atoms with E-state index in [1.54, 1.807) is 6.33 Å². The number of benzene rings is 1. The lowest BCUT2D eigenvalue weighted by Crippen LogP contribution is -2.43. The van der Waals surface area contributed by atoms with Crippen LogP contribution in [0.25, 0.3) is 5.78 Å². The van der Waals surface area contributed by atoms with Gasteiger partial charge in [0, 0.05) is 36.6 Å². The number of hydrogen-bond donors (Lipinski definition) is 1. The molecule has 1 saturated heterocycles. The van der Waals surface area contributed by atoms with Gasteiger partial charge in [0.15, 0.2) is 0 Å². The first-order valence-electron chi connectivity index (χ1n) is 8.03. The Morgan fingerprint density at radius 2 is 2.09 bits per heavy atom. The van der Waals surface area contributed by atoms with Gasteiger partial charge in [-0.25, -0.2) is 4.98 Å². The summed E-state index contributed by atoms with van der Waals surface area (Å²) in [6.45, 7) is 3.99. The largest absolute Gasteiger partial charge is 0.381 e. The Labute approximate surface area is 135 Å². The van der Waals surface area contributed by atoms with Gasteiger partial charge in [-0.15, -0.1) is 0 Å². The molecule has 0 aliphatic carbocycles. The molecular weight excluding hydrogens is 288 g/mol. The third-order valence-electron chi connectivity index (χ3n) is 4.25. The molecule has 0 saturated carbocycles. The van der Waals surface area contributed by atoms with Crippen LogP contribution in [-0.2, 0) is 0 Å². The molecular formula is C17H20N6. The Morgan fingerprint density at radius 3 is 2.96 bits per heavy atom. The zero-order chi connectivity index (χ0) is 15.6. The average Bonchev–Trinajstić information content (AvgIpc) is 3.03. The van der Waals surface area contributed by atoms with Gasteiger partial charge in [-0.2, -0.15) is 14.6 Å². The smallest absolute Gasteiger partial charge is 0.254 e. The molecule has 1 aliphatic rings. The van der Waals surface area contributed by atoms with Gasteiger partial charge >= 0.3 is 0 Å². The van der Waals surface area contributed by atoms with Crippen LogP contribution in [0.2, 0.25) is 0 Å². The number of aromatic nitrogens is 4. The Balaban J connectivity index is 1.58. The standard InChI is InChI=1S/C17H20N6/c1-13-10-16(23-17(20-13)18-12-19-23)22-9-5-8-15(11-22)21-14-6-3-2-4-7-14/h2-4,6-7,10,12,15,21H,5,8-9,11H2,1H3. The van der Waals surface area contributed by atoms with E-state index in [0.717, 1.165) is 31.0 Å². The maximum absolute atomic E-state index is 4.42. The fourth-order valence-electron chi connectivity index (χ4n) is 3.21. The molecule has 1 fully saturated rings. The molecule has 1 atom stereocenters. The predicted molar refractivity (Wildman–Crippen MR) is 90.8 cm³/mol. The molecule has 0 radical (unpaired) electrons. The molecule has 0 amide bonds. The molecule has 1 N–H and O–H groups in total. The summed E-state index contributed by atoms with van der Waals surface area (Å²) < 4.78 is 1.83. The summed E-state index contributed by atoms with van der Waals surface area (Å²) in [7, 11) is 0. The van der Waals surface area contributed by atoms with Crippen molar-refractivity contribution in [2.45, 2.75) is 25.8 Å². The molecule has 3 heterocycles. The molecule has 1 aliphatic heterocycles. The molecule has 1 unspecified atom stereocenters. The minimum atomic E-state index is 0.429. The lowest BCUT2D eigenvalue weighted by molar-refractivity contribution is 0.523. The monoisotopic (exact) mass is 308 g/mol. The fourth-order valence-corrected chi connectivity index (χ4v) is 3.21. The highest BCUT2D eigenvalue weighted by Gasteiger charge is 2.22. The van der Waals surface area contributed by atoms with Crippen LogP contribution in [0.15, 0.2) is 42.7 Å². The number of rotatable bonds is 3. The van der Waals surface area contributed by atoms with Gasteiger partial charge in [0.05, 0.1) is 0 Å². The van der Waals surface area contributed by atoms with E-state index >= 15 is 0 Å². The van der Waals surface area contributed by atoms with Crippen molar-refractivity contribution in [1.29, 1.82) is 0 Å². The summed E-state index contributed by atoms with van der Waals surface area (Å²) in [6.07, 6.45) is 3.90. The second kappa shape index (κ2) is 5.87. The molecule has 6 nitrogen and oxygen atoms in total. The van der Waals surface area contributed by atoms with Crippen LogP contribution >= 0.6 is 0 Å². The second-order valence-corrected chi connectivity index (χ2v) is 6.02. The molecule has 3 aromatic rings. The average molecular weight is 308 g/mol. The first kappa shape index (κ1) is 14.0. The van der Waals surface area contributed by atoms with Crippen LogP contribution in [-0.4, -0.2) is 38.7 Å². The number of nitrogens with zero attached hydrogens (tertiary/aromatic N) is 5. The lowest BCUT2D eigenvalue weighted by atomic mass is 10.1. The van der Waals surface area contributed by atoms with E-state index in [9.17, 15) is 0 Å². The first-order chi connectivity index (χ1) is 11.3. The Bertz CT molecular complexity index is 797. The number of fused-ring (bicyclic) bond motifs is 1. The highest BCUT2D eigenvalue weighted by molar-refractivity contribution is 5.49. The third-order valence-corrected chi connectivity index (χ3v) is 4.25. The number of hydrogen-bond acceptors (Lipinski definition) is 5. The highest BCUT2D eigenvalue weighted by atomic mass is 15.4. The van der Waals surface area contributed by atoms with E-state index in [0.29, 0.717) is 11.8 Å². The van der Waals surface area contributed by atoms with Gasteiger partial charge in [-0.3, -0.25) is 0 Å². The van der Waals surface area contributed by atoms with Gasteiger partial charge in [-0.1, -0.05) is 18.2 Å². The Hall–Kier alpha value is -2.63. The molecule has 6 heteroatoms. The van der Waals surface area contributed by atoms with Crippen LogP contribution in [0.4, 0.5) is 11.5 Å². The van der Waals surface area contributed by atoms with E-state index in [-0.39, 0.29) is 0 Å². The summed E-state index contributed by atoms with van der Waals surface area (Å²) >= 11 is 0. The number of nitrogens with one attached hydrogen (secondary N) is 1. The number of anilines is 2. The van der Waals surface area contributed by atoms with Crippen molar-refractivity contribution < 1.29 is 0 Å². The number of piperidine rings is 1. The van der Waals surface area contributed by atoms with E-state index in [2.05, 4.69) is 55.6 Å². The molecule has 23 heavy (non-hydrogen) atoms. The van der Waals surface area contributed by atoms with Gasteiger partial charge in [0.25, 0.3) is 5.78 Å². The predicted octanol–water partition coefficient (Wildman–Crippen LogP) is 2.51. The zero-order valence-corrected chi connectivity index (χ0v) is 13.2. The summed E-state index contributed by atoms with van der Waals surface area (Å²) in [5.41, 5.74) is 2.15. The van der Waals surface area contributed by atoms with Crippen molar-refractivity contribution in [2.75, 3.05) is 23.3 Å². The van der Waals surface area contributed by atoms with Crippen molar-refractivity contribution in [3.05, 3.63) is 48.4 Å². The van der Waals surface area contributed by atoms with Crippen LogP contribution in [0.1, 0.15) is 18.5 Å². The maximum Gasteiger partial charge on any atom is 0.254 e. The highest BCUT2D eigenvalue weighted by Crippen LogP contribution is 2.22. The van der Waals surface area contributed by atoms with E-state index < -0.39 is 0 Å².